The number of hydrogen-bond donors (Lipinski definition) is 0. The largest absolute Gasteiger partial charge is 0.294 e. The van der Waals surface area contributed by atoms with Gasteiger partial charge in [0, 0.05) is 17.0 Å². The van der Waals surface area contributed by atoms with E-state index in [9.17, 15) is 13.2 Å². The van der Waals surface area contributed by atoms with E-state index in [1.165, 1.54) is 0 Å². The highest BCUT2D eigenvalue weighted by molar-refractivity contribution is 7.91. The Labute approximate surface area is 141 Å². The maximum atomic E-state index is 13.1. The molecule has 0 bridgehead atoms. The lowest BCUT2D eigenvalue weighted by atomic mass is 10.0. The zero-order valence-corrected chi connectivity index (χ0v) is 14.3. The van der Waals surface area contributed by atoms with Gasteiger partial charge in [-0.05, 0) is 49.6 Å². The minimum absolute atomic E-state index is 0.0379. The molecule has 3 rings (SSSR count). The van der Waals surface area contributed by atoms with Crippen LogP contribution in [0.2, 0.25) is 5.02 Å². The molecule has 0 saturated carbocycles. The van der Waals surface area contributed by atoms with Gasteiger partial charge in [-0.2, -0.15) is 0 Å². The molecule has 0 heterocycles. The van der Waals surface area contributed by atoms with Gasteiger partial charge in [0.05, 0.1) is 10.1 Å². The molecule has 0 fully saturated rings. The average Bonchev–Trinajstić information content (AvgIpc) is 2.67. The molecule has 1 unspecified atom stereocenters. The first-order valence-corrected chi connectivity index (χ1v) is 9.45. The van der Waals surface area contributed by atoms with Crippen LogP contribution in [0.25, 0.3) is 0 Å². The standard InChI is InChI=1S/C18H17ClO3S/c1-12-5-8-14(9-6-12)23(21,22)18-4-2-3-17(20)16-11-13(19)7-10-15(16)18/h5-11,18H,2-4H2,1H3. The molecule has 0 N–H and O–H groups in total. The Kier molecular flexibility index (Phi) is 4.30. The summed E-state index contributed by atoms with van der Waals surface area (Å²) < 4.78 is 26.1. The number of hydrogen-bond acceptors (Lipinski definition) is 3. The number of rotatable bonds is 2. The van der Waals surface area contributed by atoms with Crippen molar-refractivity contribution in [2.45, 2.75) is 36.3 Å². The summed E-state index contributed by atoms with van der Waals surface area (Å²) in [6, 6.07) is 11.8. The monoisotopic (exact) mass is 348 g/mol. The van der Waals surface area contributed by atoms with Crippen molar-refractivity contribution in [2.75, 3.05) is 0 Å². The topological polar surface area (TPSA) is 51.2 Å². The summed E-state index contributed by atoms with van der Waals surface area (Å²) in [4.78, 5) is 12.6. The first kappa shape index (κ1) is 16.2. The minimum atomic E-state index is -3.55. The maximum absolute atomic E-state index is 13.1. The molecule has 0 aromatic heterocycles. The Balaban J connectivity index is 2.14. The fraction of sp³-hybridized carbons (Fsp3) is 0.278. The van der Waals surface area contributed by atoms with Gasteiger partial charge in [0.2, 0.25) is 0 Å². The third kappa shape index (κ3) is 3.06. The lowest BCUT2D eigenvalue weighted by Gasteiger charge is -2.18. The van der Waals surface area contributed by atoms with Crippen LogP contribution < -0.4 is 0 Å². The molecule has 3 nitrogen and oxygen atoms in total. The first-order valence-electron chi connectivity index (χ1n) is 7.53. The third-order valence-electron chi connectivity index (χ3n) is 4.26. The molecule has 0 aliphatic heterocycles. The Morgan fingerprint density at radius 2 is 1.78 bits per heavy atom. The second-order valence-corrected chi connectivity index (χ2v) is 8.46. The van der Waals surface area contributed by atoms with E-state index in [1.54, 1.807) is 42.5 Å². The van der Waals surface area contributed by atoms with Gasteiger partial charge in [0.25, 0.3) is 0 Å². The summed E-state index contributed by atoms with van der Waals surface area (Å²) in [5.74, 6) is -0.0379. The molecule has 2 aromatic carbocycles. The summed E-state index contributed by atoms with van der Waals surface area (Å²) in [7, 11) is -3.55. The van der Waals surface area contributed by atoms with E-state index in [0.717, 1.165) is 5.56 Å². The Bertz CT molecular complexity index is 854. The van der Waals surface area contributed by atoms with Gasteiger partial charge >= 0.3 is 0 Å². The van der Waals surface area contributed by atoms with E-state index in [2.05, 4.69) is 0 Å². The predicted octanol–water partition coefficient (Wildman–Crippen LogP) is 4.53. The van der Waals surface area contributed by atoms with Crippen LogP contribution in [0.4, 0.5) is 0 Å². The SMILES string of the molecule is Cc1ccc(S(=O)(=O)C2CCCC(=O)c3cc(Cl)ccc32)cc1. The van der Waals surface area contributed by atoms with E-state index in [0.29, 0.717) is 40.3 Å². The van der Waals surface area contributed by atoms with Crippen molar-refractivity contribution < 1.29 is 13.2 Å². The number of fused-ring (bicyclic) bond motifs is 1. The summed E-state index contributed by atoms with van der Waals surface area (Å²) in [6.07, 6.45) is 1.35. The summed E-state index contributed by atoms with van der Waals surface area (Å²) in [6.45, 7) is 1.91. The van der Waals surface area contributed by atoms with Crippen molar-refractivity contribution in [3.05, 3.63) is 64.2 Å². The Morgan fingerprint density at radius 1 is 1.09 bits per heavy atom. The normalized spacial score (nSPS) is 18.3. The highest BCUT2D eigenvalue weighted by Crippen LogP contribution is 2.38. The van der Waals surface area contributed by atoms with E-state index in [1.807, 2.05) is 6.92 Å². The van der Waals surface area contributed by atoms with Crippen molar-refractivity contribution in [3.8, 4) is 0 Å². The molecule has 0 amide bonds. The highest BCUT2D eigenvalue weighted by atomic mass is 35.5. The van der Waals surface area contributed by atoms with E-state index in [-0.39, 0.29) is 5.78 Å². The van der Waals surface area contributed by atoms with Crippen LogP contribution in [0.3, 0.4) is 0 Å². The van der Waals surface area contributed by atoms with Crippen molar-refractivity contribution in [1.82, 2.24) is 0 Å². The smallest absolute Gasteiger partial charge is 0.185 e. The number of halogens is 1. The van der Waals surface area contributed by atoms with Crippen LogP contribution in [0.1, 0.15) is 46.0 Å². The van der Waals surface area contributed by atoms with Crippen molar-refractivity contribution in [1.29, 1.82) is 0 Å². The van der Waals surface area contributed by atoms with Gasteiger partial charge in [-0.1, -0.05) is 35.4 Å². The van der Waals surface area contributed by atoms with Crippen molar-refractivity contribution in [2.24, 2.45) is 0 Å². The van der Waals surface area contributed by atoms with Gasteiger partial charge in [-0.3, -0.25) is 4.79 Å². The summed E-state index contributed by atoms with van der Waals surface area (Å²) >= 11 is 5.99. The van der Waals surface area contributed by atoms with Gasteiger partial charge < -0.3 is 0 Å². The molecule has 0 saturated heterocycles. The number of carbonyl (C=O) groups is 1. The molecule has 23 heavy (non-hydrogen) atoms. The molecule has 120 valence electrons. The van der Waals surface area contributed by atoms with Crippen LogP contribution in [-0.2, 0) is 9.84 Å². The quantitative estimate of drug-likeness (QED) is 0.749. The van der Waals surface area contributed by atoms with Crippen LogP contribution in [-0.4, -0.2) is 14.2 Å². The van der Waals surface area contributed by atoms with E-state index in [4.69, 9.17) is 11.6 Å². The zero-order valence-electron chi connectivity index (χ0n) is 12.8. The molecule has 0 radical (unpaired) electrons. The van der Waals surface area contributed by atoms with Crippen LogP contribution in [0.15, 0.2) is 47.4 Å². The van der Waals surface area contributed by atoms with Crippen LogP contribution in [0, 0.1) is 6.92 Å². The summed E-state index contributed by atoms with van der Waals surface area (Å²) in [5, 5.41) is -0.255. The molecule has 1 atom stereocenters. The average molecular weight is 349 g/mol. The third-order valence-corrected chi connectivity index (χ3v) is 6.66. The van der Waals surface area contributed by atoms with E-state index < -0.39 is 15.1 Å². The lowest BCUT2D eigenvalue weighted by Crippen LogP contribution is -2.15. The van der Waals surface area contributed by atoms with Gasteiger partial charge in [0.1, 0.15) is 0 Å². The number of Topliss-reactive ketones (excluding diaryl/α,β-unsaturated/α-hetero) is 1. The van der Waals surface area contributed by atoms with Gasteiger partial charge in [-0.15, -0.1) is 0 Å². The fourth-order valence-electron chi connectivity index (χ4n) is 3.00. The molecule has 1 aliphatic rings. The molecular formula is C18H17ClO3S. The van der Waals surface area contributed by atoms with Crippen LogP contribution in [0.5, 0.6) is 0 Å². The molecule has 5 heteroatoms. The number of benzene rings is 2. The van der Waals surface area contributed by atoms with Crippen molar-refractivity contribution in [3.63, 3.8) is 0 Å². The Hall–Kier alpha value is -1.65. The van der Waals surface area contributed by atoms with Gasteiger partial charge in [-0.25, -0.2) is 8.42 Å². The number of carbonyl (C=O) groups excluding carboxylic acids is 1. The van der Waals surface area contributed by atoms with Crippen molar-refractivity contribution >= 4 is 27.2 Å². The second-order valence-electron chi connectivity index (χ2n) is 5.89. The number of sulfone groups is 1. The lowest BCUT2D eigenvalue weighted by molar-refractivity contribution is 0.0982. The van der Waals surface area contributed by atoms with E-state index >= 15 is 0 Å². The minimum Gasteiger partial charge on any atom is -0.294 e. The number of ketones is 1. The molecule has 0 spiro atoms. The molecule has 1 aliphatic carbocycles. The number of aryl methyl sites for hydroxylation is 1. The summed E-state index contributed by atoms with van der Waals surface area (Å²) in [5.41, 5.74) is 2.01. The molecular weight excluding hydrogens is 332 g/mol. The highest BCUT2D eigenvalue weighted by Gasteiger charge is 2.34. The second kappa shape index (κ2) is 6.10. The zero-order chi connectivity index (χ0) is 16.6. The maximum Gasteiger partial charge on any atom is 0.185 e. The van der Waals surface area contributed by atoms with Crippen LogP contribution >= 0.6 is 11.6 Å². The van der Waals surface area contributed by atoms with Gasteiger partial charge in [0.15, 0.2) is 15.6 Å². The predicted molar refractivity (Wildman–Crippen MR) is 90.7 cm³/mol. The molecule has 2 aromatic rings. The fourth-order valence-corrected chi connectivity index (χ4v) is 5.04. The Morgan fingerprint density at radius 3 is 2.48 bits per heavy atom. The first-order chi connectivity index (χ1) is 10.9.